The summed E-state index contributed by atoms with van der Waals surface area (Å²) >= 11 is 0. The van der Waals surface area contributed by atoms with Crippen molar-refractivity contribution in [2.75, 3.05) is 38.2 Å². The van der Waals surface area contributed by atoms with Crippen LogP contribution in [0.2, 0.25) is 0 Å². The lowest BCUT2D eigenvalue weighted by Crippen LogP contribution is -2.49. The number of pyridine rings is 1. The molecule has 0 N–H and O–H groups in total. The molecule has 2 aliphatic heterocycles. The number of aromatic nitrogens is 1. The number of carbonyl (C=O) groups excluding carboxylic acids is 2. The van der Waals surface area contributed by atoms with E-state index in [9.17, 15) is 9.59 Å². The van der Waals surface area contributed by atoms with E-state index >= 15 is 0 Å². The second-order valence-electron chi connectivity index (χ2n) is 6.50. The molecule has 7 nitrogen and oxygen atoms in total. The highest BCUT2D eigenvalue weighted by Gasteiger charge is 2.30. The van der Waals surface area contributed by atoms with Crippen LogP contribution in [0.15, 0.2) is 36.5 Å². The number of nitrogens with zero attached hydrogens (tertiary/aromatic N) is 3. The zero-order valence-corrected chi connectivity index (χ0v) is 15.5. The van der Waals surface area contributed by atoms with Crippen LogP contribution in [0.1, 0.15) is 21.5 Å². The van der Waals surface area contributed by atoms with Gasteiger partial charge in [0, 0.05) is 49.4 Å². The van der Waals surface area contributed by atoms with Gasteiger partial charge in [-0.05, 0) is 30.3 Å². The van der Waals surface area contributed by atoms with Crippen molar-refractivity contribution in [3.63, 3.8) is 0 Å². The maximum absolute atomic E-state index is 12.4. The van der Waals surface area contributed by atoms with Gasteiger partial charge >= 0.3 is 5.97 Å². The molecule has 1 saturated heterocycles. The Bertz CT molecular complexity index is 967. The van der Waals surface area contributed by atoms with Crippen molar-refractivity contribution in [3.8, 4) is 17.6 Å². The predicted octanol–water partition coefficient (Wildman–Crippen LogP) is 1.46. The average molecular weight is 377 g/mol. The molecule has 0 unspecified atom stereocenters. The number of benzene rings is 1. The number of hydrogen-bond acceptors (Lipinski definition) is 6. The van der Waals surface area contributed by atoms with E-state index < -0.39 is 0 Å². The molecule has 1 aromatic carbocycles. The molecule has 0 radical (unpaired) electrons. The summed E-state index contributed by atoms with van der Waals surface area (Å²) in [4.78, 5) is 32.5. The van der Waals surface area contributed by atoms with E-state index in [1.54, 1.807) is 24.3 Å². The number of anilines is 1. The molecule has 2 aromatic rings. The topological polar surface area (TPSA) is 72.0 Å². The van der Waals surface area contributed by atoms with Crippen molar-refractivity contribution in [1.82, 2.24) is 9.88 Å². The molecular formula is C21H19N3O4. The third kappa shape index (κ3) is 3.49. The Balaban J connectivity index is 1.40. The molecule has 3 heterocycles. The van der Waals surface area contributed by atoms with Gasteiger partial charge in [0.15, 0.2) is 0 Å². The fraction of sp³-hybridized carbons (Fsp3) is 0.286. The van der Waals surface area contributed by atoms with Gasteiger partial charge in [0.2, 0.25) is 0 Å². The van der Waals surface area contributed by atoms with Crippen molar-refractivity contribution >= 4 is 17.7 Å². The van der Waals surface area contributed by atoms with Gasteiger partial charge in [0.1, 0.15) is 23.7 Å². The largest absolute Gasteiger partial charge is 0.497 e. The molecule has 4 rings (SSSR count). The fourth-order valence-corrected chi connectivity index (χ4v) is 3.29. The number of cyclic esters (lactones) is 1. The maximum atomic E-state index is 12.4. The number of hydrogen-bond donors (Lipinski definition) is 0. The highest BCUT2D eigenvalue weighted by molar-refractivity contribution is 5.98. The molecule has 0 bridgehead atoms. The van der Waals surface area contributed by atoms with E-state index in [0.29, 0.717) is 44.2 Å². The van der Waals surface area contributed by atoms with Crippen LogP contribution in [0.3, 0.4) is 0 Å². The highest BCUT2D eigenvalue weighted by Crippen LogP contribution is 2.28. The predicted molar refractivity (Wildman–Crippen MR) is 102 cm³/mol. The minimum absolute atomic E-state index is 0.207. The molecule has 7 heteroatoms. The van der Waals surface area contributed by atoms with Gasteiger partial charge in [-0.1, -0.05) is 5.92 Å². The molecular weight excluding hydrogens is 358 g/mol. The Hall–Kier alpha value is -3.53. The molecule has 1 aromatic heterocycles. The quantitative estimate of drug-likeness (QED) is 0.583. The monoisotopic (exact) mass is 377 g/mol. The third-order valence-corrected chi connectivity index (χ3v) is 4.85. The Kier molecular flexibility index (Phi) is 4.85. The van der Waals surface area contributed by atoms with Crippen LogP contribution >= 0.6 is 0 Å². The van der Waals surface area contributed by atoms with Crippen LogP contribution in [-0.2, 0) is 16.1 Å². The lowest BCUT2D eigenvalue weighted by atomic mass is 10.1. The lowest BCUT2D eigenvalue weighted by Gasteiger charge is -2.34. The molecule has 1 amide bonds. The van der Waals surface area contributed by atoms with E-state index in [1.165, 1.54) is 0 Å². The number of rotatable bonds is 2. The van der Waals surface area contributed by atoms with E-state index in [1.807, 2.05) is 29.2 Å². The van der Waals surface area contributed by atoms with Crippen molar-refractivity contribution in [1.29, 1.82) is 0 Å². The minimum Gasteiger partial charge on any atom is -0.497 e. The van der Waals surface area contributed by atoms with Crippen molar-refractivity contribution in [3.05, 3.63) is 53.2 Å². The Morgan fingerprint density at radius 2 is 1.89 bits per heavy atom. The zero-order valence-electron chi connectivity index (χ0n) is 15.5. The first-order valence-corrected chi connectivity index (χ1v) is 9.00. The van der Waals surface area contributed by atoms with Crippen molar-refractivity contribution < 1.29 is 19.1 Å². The normalized spacial score (nSPS) is 15.4. The molecule has 0 atom stereocenters. The van der Waals surface area contributed by atoms with Crippen molar-refractivity contribution in [2.45, 2.75) is 6.61 Å². The number of carbonyl (C=O) groups is 2. The standard InChI is InChI=1S/C21H19N3O4/c1-27-17-5-2-15(3-6-17)4-7-18(25)23-10-12-24(13-11-23)20-19-16(8-9-22-20)14-28-21(19)26/h2-3,5-6,8-9H,10-14H2,1H3. The fourth-order valence-electron chi connectivity index (χ4n) is 3.29. The van der Waals surface area contributed by atoms with Gasteiger partial charge in [0.05, 0.1) is 7.11 Å². The number of piperazine rings is 1. The molecule has 0 spiro atoms. The van der Waals surface area contributed by atoms with Gasteiger partial charge in [-0.3, -0.25) is 4.79 Å². The summed E-state index contributed by atoms with van der Waals surface area (Å²) in [6, 6.07) is 9.06. The highest BCUT2D eigenvalue weighted by atomic mass is 16.5. The summed E-state index contributed by atoms with van der Waals surface area (Å²) in [5.41, 5.74) is 2.16. The Morgan fingerprint density at radius 3 is 2.61 bits per heavy atom. The number of esters is 1. The van der Waals surface area contributed by atoms with Crippen LogP contribution in [0.4, 0.5) is 5.82 Å². The maximum Gasteiger partial charge on any atom is 0.342 e. The van der Waals surface area contributed by atoms with Crippen LogP contribution in [0.25, 0.3) is 0 Å². The molecule has 28 heavy (non-hydrogen) atoms. The van der Waals surface area contributed by atoms with Crippen LogP contribution < -0.4 is 9.64 Å². The van der Waals surface area contributed by atoms with Gasteiger partial charge in [-0.15, -0.1) is 0 Å². The smallest absolute Gasteiger partial charge is 0.342 e. The summed E-state index contributed by atoms with van der Waals surface area (Å²) in [7, 11) is 1.60. The average Bonchev–Trinajstić information content (AvgIpc) is 3.13. The lowest BCUT2D eigenvalue weighted by molar-refractivity contribution is -0.125. The zero-order chi connectivity index (χ0) is 19.5. The number of ether oxygens (including phenoxy) is 2. The first-order chi connectivity index (χ1) is 13.7. The van der Waals surface area contributed by atoms with Gasteiger partial charge < -0.3 is 19.3 Å². The molecule has 142 valence electrons. The van der Waals surface area contributed by atoms with Gasteiger partial charge in [0.25, 0.3) is 5.91 Å². The summed E-state index contributed by atoms with van der Waals surface area (Å²) < 4.78 is 10.2. The summed E-state index contributed by atoms with van der Waals surface area (Å²) in [6.45, 7) is 2.52. The second kappa shape index (κ2) is 7.61. The SMILES string of the molecule is COc1ccc(C#CC(=O)N2CCN(c3nccc4c3C(=O)OC4)CC2)cc1. The number of amides is 1. The molecule has 2 aliphatic rings. The van der Waals surface area contributed by atoms with Crippen LogP contribution in [0, 0.1) is 11.8 Å². The number of fused-ring (bicyclic) bond motifs is 1. The Morgan fingerprint density at radius 1 is 1.14 bits per heavy atom. The van der Waals surface area contributed by atoms with E-state index in [2.05, 4.69) is 16.8 Å². The third-order valence-electron chi connectivity index (χ3n) is 4.85. The van der Waals surface area contributed by atoms with Crippen LogP contribution in [-0.4, -0.2) is 55.0 Å². The van der Waals surface area contributed by atoms with Crippen molar-refractivity contribution in [2.24, 2.45) is 0 Å². The van der Waals surface area contributed by atoms with Gasteiger partial charge in [-0.25, -0.2) is 9.78 Å². The minimum atomic E-state index is -0.332. The van der Waals surface area contributed by atoms with Crippen LogP contribution in [0.5, 0.6) is 5.75 Å². The summed E-state index contributed by atoms with van der Waals surface area (Å²) in [5, 5.41) is 0. The van der Waals surface area contributed by atoms with E-state index in [4.69, 9.17) is 9.47 Å². The molecule has 0 saturated carbocycles. The number of methoxy groups -OCH3 is 1. The van der Waals surface area contributed by atoms with E-state index in [0.717, 1.165) is 16.9 Å². The molecule has 0 aliphatic carbocycles. The first kappa shape index (κ1) is 17.9. The summed E-state index contributed by atoms with van der Waals surface area (Å²) in [5.74, 6) is 6.43. The first-order valence-electron chi connectivity index (χ1n) is 9.00. The van der Waals surface area contributed by atoms with E-state index in [-0.39, 0.29) is 11.9 Å². The Labute approximate surface area is 162 Å². The second-order valence-corrected chi connectivity index (χ2v) is 6.50. The van der Waals surface area contributed by atoms with Gasteiger partial charge in [-0.2, -0.15) is 0 Å². The summed E-state index contributed by atoms with van der Waals surface area (Å²) in [6.07, 6.45) is 1.69. The molecule has 1 fully saturated rings.